The van der Waals surface area contributed by atoms with Gasteiger partial charge < -0.3 is 25.0 Å². The number of amides is 1. The van der Waals surface area contributed by atoms with Gasteiger partial charge in [0.1, 0.15) is 0 Å². The molecule has 29 heavy (non-hydrogen) atoms. The van der Waals surface area contributed by atoms with Crippen LogP contribution in [0.4, 0.5) is 0 Å². The van der Waals surface area contributed by atoms with Crippen LogP contribution in [0.5, 0.6) is 11.5 Å². The Bertz CT molecular complexity index is 693. The summed E-state index contributed by atoms with van der Waals surface area (Å²) in [6, 6.07) is 4.42. The predicted molar refractivity (Wildman–Crippen MR) is 128 cm³/mol. The molecule has 0 aliphatic heterocycles. The number of methoxy groups -OCH3 is 2. The lowest BCUT2D eigenvalue weighted by Gasteiger charge is -2.23. The zero-order chi connectivity index (χ0) is 20.5. The smallest absolute Gasteiger partial charge is 0.220 e. The summed E-state index contributed by atoms with van der Waals surface area (Å²) < 4.78 is 10.8. The molecule has 0 atom stereocenters. The molecular weight excluding hydrogens is 483 g/mol. The largest absolute Gasteiger partial charge is 0.493 e. The maximum absolute atomic E-state index is 11.8. The number of carbonyl (C=O) groups is 1. The van der Waals surface area contributed by atoms with E-state index in [4.69, 9.17) is 9.47 Å². The average molecular weight is 518 g/mol. The maximum atomic E-state index is 11.8. The van der Waals surface area contributed by atoms with E-state index in [0.717, 1.165) is 54.4 Å². The Kier molecular flexibility index (Phi) is 11.2. The first-order chi connectivity index (χ1) is 13.5. The first-order valence-electron chi connectivity index (χ1n) is 9.98. The van der Waals surface area contributed by atoms with Gasteiger partial charge in [0.05, 0.1) is 14.2 Å². The lowest BCUT2D eigenvalue weighted by Crippen LogP contribution is -2.38. The molecule has 2 rings (SSSR count). The van der Waals surface area contributed by atoms with E-state index in [0.29, 0.717) is 25.6 Å². The second kappa shape index (κ2) is 12.8. The third-order valence-corrected chi connectivity index (χ3v) is 4.71. The number of aryl methyl sites for hydroxylation is 1. The minimum atomic E-state index is 0. The molecule has 0 heterocycles. The van der Waals surface area contributed by atoms with E-state index in [1.165, 1.54) is 0 Å². The molecule has 1 aliphatic carbocycles. The molecular formula is C21H35IN4O3. The molecule has 1 aliphatic rings. The fourth-order valence-corrected chi connectivity index (χ4v) is 2.95. The van der Waals surface area contributed by atoms with Crippen LogP contribution in [0.25, 0.3) is 0 Å². The average Bonchev–Trinajstić information content (AvgIpc) is 3.49. The Balaban J connectivity index is 0.00000420. The molecule has 8 heteroatoms. The number of carbonyl (C=O) groups excluding carboxylic acids is 1. The Morgan fingerprint density at radius 1 is 1.24 bits per heavy atom. The molecule has 0 spiro atoms. The molecule has 1 saturated carbocycles. The third-order valence-electron chi connectivity index (χ3n) is 4.71. The van der Waals surface area contributed by atoms with Gasteiger partial charge in [-0.3, -0.25) is 9.79 Å². The van der Waals surface area contributed by atoms with Gasteiger partial charge in [0.2, 0.25) is 5.91 Å². The van der Waals surface area contributed by atoms with E-state index in [-0.39, 0.29) is 29.9 Å². The van der Waals surface area contributed by atoms with Gasteiger partial charge in [-0.05, 0) is 56.4 Å². The van der Waals surface area contributed by atoms with Crippen LogP contribution in [0.2, 0.25) is 0 Å². The molecule has 0 radical (unpaired) electrons. The molecule has 0 bridgehead atoms. The number of nitrogens with one attached hydrogen (secondary N) is 2. The van der Waals surface area contributed by atoms with E-state index in [1.54, 1.807) is 14.2 Å². The molecule has 1 aromatic rings. The molecule has 0 saturated heterocycles. The Labute approximate surface area is 191 Å². The molecule has 1 fully saturated rings. The van der Waals surface area contributed by atoms with Crippen molar-refractivity contribution in [3.63, 3.8) is 0 Å². The van der Waals surface area contributed by atoms with Crippen LogP contribution in [0, 0.1) is 6.92 Å². The minimum Gasteiger partial charge on any atom is -0.493 e. The van der Waals surface area contributed by atoms with Crippen LogP contribution in [-0.4, -0.2) is 57.2 Å². The zero-order valence-electron chi connectivity index (χ0n) is 18.2. The highest BCUT2D eigenvalue weighted by Gasteiger charge is 2.22. The number of rotatable bonds is 10. The molecule has 1 amide bonds. The zero-order valence-corrected chi connectivity index (χ0v) is 20.5. The van der Waals surface area contributed by atoms with E-state index in [2.05, 4.69) is 27.4 Å². The van der Waals surface area contributed by atoms with Gasteiger partial charge in [0.15, 0.2) is 17.5 Å². The summed E-state index contributed by atoms with van der Waals surface area (Å²) >= 11 is 0. The highest BCUT2D eigenvalue weighted by Crippen LogP contribution is 2.30. The summed E-state index contributed by atoms with van der Waals surface area (Å²) in [7, 11) is 5.30. The first kappa shape index (κ1) is 25.3. The second-order valence-electron chi connectivity index (χ2n) is 7.17. The number of halogens is 1. The van der Waals surface area contributed by atoms with Crippen molar-refractivity contribution in [2.24, 2.45) is 4.99 Å². The van der Waals surface area contributed by atoms with E-state index in [9.17, 15) is 4.79 Å². The molecule has 0 aromatic heterocycles. The second-order valence-corrected chi connectivity index (χ2v) is 7.17. The van der Waals surface area contributed by atoms with Crippen LogP contribution >= 0.6 is 24.0 Å². The van der Waals surface area contributed by atoms with E-state index < -0.39 is 0 Å². The SMILES string of the molecule is CCNC(=NCCCC(=O)NC1CC1)N(C)Cc1cc(OC)c(OC)cc1C.I. The van der Waals surface area contributed by atoms with Gasteiger partial charge in [0.25, 0.3) is 0 Å². The number of guanidine groups is 1. The van der Waals surface area contributed by atoms with Crippen molar-refractivity contribution in [1.29, 1.82) is 0 Å². The maximum Gasteiger partial charge on any atom is 0.220 e. The molecule has 1 aromatic carbocycles. The first-order valence-corrected chi connectivity index (χ1v) is 9.98. The van der Waals surface area contributed by atoms with Crippen molar-refractivity contribution in [2.75, 3.05) is 34.4 Å². The van der Waals surface area contributed by atoms with Crippen molar-refractivity contribution < 1.29 is 14.3 Å². The van der Waals surface area contributed by atoms with Gasteiger partial charge in [0, 0.05) is 39.1 Å². The Morgan fingerprint density at radius 2 is 1.90 bits per heavy atom. The van der Waals surface area contributed by atoms with Crippen molar-refractivity contribution in [2.45, 2.75) is 52.1 Å². The summed E-state index contributed by atoms with van der Waals surface area (Å²) in [6.45, 7) is 6.22. The summed E-state index contributed by atoms with van der Waals surface area (Å²) in [5.41, 5.74) is 2.28. The highest BCUT2D eigenvalue weighted by atomic mass is 127. The van der Waals surface area contributed by atoms with Crippen LogP contribution in [0.1, 0.15) is 43.7 Å². The van der Waals surface area contributed by atoms with Crippen LogP contribution in [0.15, 0.2) is 17.1 Å². The van der Waals surface area contributed by atoms with Gasteiger partial charge in [-0.25, -0.2) is 0 Å². The fraction of sp³-hybridized carbons (Fsp3) is 0.619. The van der Waals surface area contributed by atoms with Gasteiger partial charge in [-0.1, -0.05) is 0 Å². The molecule has 7 nitrogen and oxygen atoms in total. The number of aliphatic imine (C=N–C) groups is 1. The summed E-state index contributed by atoms with van der Waals surface area (Å²) in [5, 5.41) is 6.34. The number of ether oxygens (including phenoxy) is 2. The minimum absolute atomic E-state index is 0. The molecule has 164 valence electrons. The normalized spacial score (nSPS) is 13.3. The van der Waals surface area contributed by atoms with Crippen molar-refractivity contribution in [1.82, 2.24) is 15.5 Å². The van der Waals surface area contributed by atoms with Gasteiger partial charge >= 0.3 is 0 Å². The lowest BCUT2D eigenvalue weighted by atomic mass is 10.1. The van der Waals surface area contributed by atoms with Crippen LogP contribution in [-0.2, 0) is 11.3 Å². The molecule has 0 unspecified atom stereocenters. The number of benzene rings is 1. The van der Waals surface area contributed by atoms with Crippen molar-refractivity contribution in [3.05, 3.63) is 23.3 Å². The fourth-order valence-electron chi connectivity index (χ4n) is 2.95. The molecule has 2 N–H and O–H groups in total. The Hall–Kier alpha value is -1.71. The Morgan fingerprint density at radius 3 is 2.48 bits per heavy atom. The van der Waals surface area contributed by atoms with Crippen molar-refractivity contribution >= 4 is 35.8 Å². The van der Waals surface area contributed by atoms with Crippen LogP contribution in [0.3, 0.4) is 0 Å². The predicted octanol–water partition coefficient (Wildman–Crippen LogP) is 3.09. The van der Waals surface area contributed by atoms with Gasteiger partial charge in [-0.2, -0.15) is 0 Å². The standard InChI is InChI=1S/C21H34N4O3.HI/c1-6-22-21(23-11-7-8-20(26)24-17-9-10-17)25(3)14-16-13-19(28-5)18(27-4)12-15(16)2;/h12-13,17H,6-11,14H2,1-5H3,(H,22,23)(H,24,26);1H. The highest BCUT2D eigenvalue weighted by molar-refractivity contribution is 14.0. The number of nitrogens with zero attached hydrogens (tertiary/aromatic N) is 2. The van der Waals surface area contributed by atoms with E-state index >= 15 is 0 Å². The van der Waals surface area contributed by atoms with Crippen molar-refractivity contribution in [3.8, 4) is 11.5 Å². The number of hydrogen-bond acceptors (Lipinski definition) is 4. The quantitative estimate of drug-likeness (QED) is 0.216. The summed E-state index contributed by atoms with van der Waals surface area (Å²) in [6.07, 6.45) is 3.51. The number of hydrogen-bond donors (Lipinski definition) is 2. The van der Waals surface area contributed by atoms with Gasteiger partial charge in [-0.15, -0.1) is 24.0 Å². The topological polar surface area (TPSA) is 75.2 Å². The summed E-state index contributed by atoms with van der Waals surface area (Å²) in [4.78, 5) is 18.5. The monoisotopic (exact) mass is 518 g/mol. The lowest BCUT2D eigenvalue weighted by molar-refractivity contribution is -0.121. The summed E-state index contributed by atoms with van der Waals surface area (Å²) in [5.74, 6) is 2.42. The van der Waals surface area contributed by atoms with E-state index in [1.807, 2.05) is 26.1 Å². The van der Waals surface area contributed by atoms with Crippen LogP contribution < -0.4 is 20.1 Å². The third kappa shape index (κ3) is 8.28.